The molecule has 3 heteroatoms. The Hall–Kier alpha value is -5.43. The molecule has 0 saturated carbocycles. The molecule has 8 rings (SSSR count). The van der Waals surface area contributed by atoms with Gasteiger partial charge in [0.25, 0.3) is 0 Å². The Morgan fingerprint density at radius 2 is 0.830 bits per heavy atom. The largest absolute Gasteiger partial charge is 0.309 e. The highest BCUT2D eigenvalue weighted by molar-refractivity contribution is 7.85. The maximum atomic E-state index is 15.0. The van der Waals surface area contributed by atoms with Crippen molar-refractivity contribution in [1.29, 1.82) is 0 Å². The number of fused-ring (bicyclic) bond motifs is 3. The van der Waals surface area contributed by atoms with E-state index >= 15 is 4.57 Å². The first-order valence-electron chi connectivity index (χ1n) is 16.0. The number of benzene rings is 7. The lowest BCUT2D eigenvalue weighted by Gasteiger charge is -2.20. The van der Waals surface area contributed by atoms with Crippen LogP contribution in [-0.4, -0.2) is 4.57 Å². The average molecular weight is 624 g/mol. The van der Waals surface area contributed by atoms with Crippen molar-refractivity contribution in [2.75, 3.05) is 0 Å². The monoisotopic (exact) mass is 623 g/mol. The van der Waals surface area contributed by atoms with E-state index in [1.807, 2.05) is 60.7 Å². The van der Waals surface area contributed by atoms with Crippen LogP contribution in [0.25, 0.3) is 49.7 Å². The van der Waals surface area contributed by atoms with E-state index in [-0.39, 0.29) is 0 Å². The topological polar surface area (TPSA) is 22.0 Å². The summed E-state index contributed by atoms with van der Waals surface area (Å²) in [4.78, 5) is 0. The molecule has 1 heterocycles. The average Bonchev–Trinajstić information content (AvgIpc) is 3.45. The Bertz CT molecular complexity index is 2290. The first-order valence-corrected chi connectivity index (χ1v) is 17.8. The van der Waals surface area contributed by atoms with Gasteiger partial charge in [0.2, 0.25) is 0 Å². The van der Waals surface area contributed by atoms with E-state index < -0.39 is 7.14 Å². The molecular formula is C44H34NOP. The van der Waals surface area contributed by atoms with Crippen LogP contribution < -0.4 is 15.9 Å². The molecule has 0 radical (unpaired) electrons. The van der Waals surface area contributed by atoms with Crippen LogP contribution in [0, 0.1) is 13.8 Å². The minimum Gasteiger partial charge on any atom is -0.309 e. The molecule has 0 unspecified atom stereocenters. The van der Waals surface area contributed by atoms with E-state index in [0.29, 0.717) is 0 Å². The molecule has 0 fully saturated rings. The molecule has 7 aromatic carbocycles. The number of hydrogen-bond acceptors (Lipinski definition) is 1. The lowest BCUT2D eigenvalue weighted by molar-refractivity contribution is 0.592. The molecule has 1 aromatic heterocycles. The summed E-state index contributed by atoms with van der Waals surface area (Å²) in [6, 6.07) is 58.9. The van der Waals surface area contributed by atoms with Gasteiger partial charge in [0.15, 0.2) is 7.14 Å². The van der Waals surface area contributed by atoms with Crippen molar-refractivity contribution in [3.05, 3.63) is 181 Å². The predicted octanol–water partition coefficient (Wildman–Crippen LogP) is 10.4. The minimum absolute atomic E-state index is 0.822. The highest BCUT2D eigenvalue weighted by Crippen LogP contribution is 2.43. The summed E-state index contributed by atoms with van der Waals surface area (Å²) in [5.41, 5.74) is 10.7. The molecule has 2 nitrogen and oxygen atoms in total. The number of aromatic nitrogens is 1. The quantitative estimate of drug-likeness (QED) is 0.169. The molecule has 0 aliphatic heterocycles. The first kappa shape index (κ1) is 29.0. The fourth-order valence-electron chi connectivity index (χ4n) is 6.96. The highest BCUT2D eigenvalue weighted by Gasteiger charge is 2.29. The van der Waals surface area contributed by atoms with Crippen LogP contribution in [0.1, 0.15) is 11.1 Å². The van der Waals surface area contributed by atoms with Crippen molar-refractivity contribution in [1.82, 2.24) is 4.57 Å². The van der Waals surface area contributed by atoms with Crippen LogP contribution in [0.3, 0.4) is 0 Å². The Kier molecular flexibility index (Phi) is 7.24. The number of rotatable bonds is 6. The zero-order chi connectivity index (χ0) is 32.0. The number of nitrogens with zero attached hydrogens (tertiary/aromatic N) is 1. The standard InChI is InChI=1S/C44H34NOP/c1-31-13-9-11-19-39(31)33-21-27-43-41(29-33)42-30-34(40-20-12-10-14-32(40)2)22-28-44(42)45(43)35-23-25-38(26-24-35)47(46,36-15-5-3-6-16-36)37-17-7-4-8-18-37/h3-30H,1-2H3. The van der Waals surface area contributed by atoms with Crippen molar-refractivity contribution >= 4 is 44.9 Å². The van der Waals surface area contributed by atoms with Crippen LogP contribution in [-0.2, 0) is 4.57 Å². The van der Waals surface area contributed by atoms with E-state index in [9.17, 15) is 0 Å². The summed E-state index contributed by atoms with van der Waals surface area (Å²) in [7, 11) is -3.07. The Morgan fingerprint density at radius 3 is 1.28 bits per heavy atom. The van der Waals surface area contributed by atoms with Crippen molar-refractivity contribution < 1.29 is 4.57 Å². The third-order valence-electron chi connectivity index (χ3n) is 9.39. The van der Waals surface area contributed by atoms with Crippen molar-refractivity contribution in [3.8, 4) is 27.9 Å². The van der Waals surface area contributed by atoms with E-state index in [1.165, 1.54) is 44.2 Å². The molecule has 0 amide bonds. The van der Waals surface area contributed by atoms with E-state index in [4.69, 9.17) is 0 Å². The smallest absolute Gasteiger partial charge is 0.171 e. The minimum atomic E-state index is -3.07. The molecule has 226 valence electrons. The predicted molar refractivity (Wildman–Crippen MR) is 201 cm³/mol. The summed E-state index contributed by atoms with van der Waals surface area (Å²) in [5, 5.41) is 4.91. The Morgan fingerprint density at radius 1 is 0.426 bits per heavy atom. The molecule has 0 saturated heterocycles. The van der Waals surface area contributed by atoms with Gasteiger partial charge in [0.1, 0.15) is 0 Å². The van der Waals surface area contributed by atoms with Gasteiger partial charge in [-0.1, -0.05) is 121 Å². The van der Waals surface area contributed by atoms with E-state index in [0.717, 1.165) is 32.6 Å². The van der Waals surface area contributed by atoms with Crippen LogP contribution in [0.5, 0.6) is 0 Å². The molecular weight excluding hydrogens is 589 g/mol. The lowest BCUT2D eigenvalue weighted by atomic mass is 9.97. The molecule has 8 aromatic rings. The first-order chi connectivity index (χ1) is 23.0. The second kappa shape index (κ2) is 11.7. The van der Waals surface area contributed by atoms with Gasteiger partial charge >= 0.3 is 0 Å². The van der Waals surface area contributed by atoms with Gasteiger partial charge in [-0.3, -0.25) is 0 Å². The van der Waals surface area contributed by atoms with Crippen LogP contribution in [0.2, 0.25) is 0 Å². The lowest BCUT2D eigenvalue weighted by Crippen LogP contribution is -2.24. The van der Waals surface area contributed by atoms with Crippen molar-refractivity contribution in [2.45, 2.75) is 13.8 Å². The van der Waals surface area contributed by atoms with E-state index in [1.54, 1.807) is 0 Å². The second-order valence-corrected chi connectivity index (χ2v) is 15.0. The van der Waals surface area contributed by atoms with Crippen LogP contribution in [0.15, 0.2) is 170 Å². The van der Waals surface area contributed by atoms with Gasteiger partial charge in [0.05, 0.1) is 11.0 Å². The third-order valence-corrected chi connectivity index (χ3v) is 12.5. The Balaban J connectivity index is 1.33. The zero-order valence-electron chi connectivity index (χ0n) is 26.5. The molecule has 0 aliphatic rings. The SMILES string of the molecule is Cc1ccccc1-c1ccc2c(c1)c1cc(-c3ccccc3C)ccc1n2-c1ccc(P(=O)(c2ccccc2)c2ccccc2)cc1. The summed E-state index contributed by atoms with van der Waals surface area (Å²) in [6.45, 7) is 4.34. The van der Waals surface area contributed by atoms with Gasteiger partial charge in [-0.2, -0.15) is 0 Å². The maximum Gasteiger partial charge on any atom is 0.171 e. The fourth-order valence-corrected chi connectivity index (χ4v) is 9.61. The Labute approximate surface area is 276 Å². The zero-order valence-corrected chi connectivity index (χ0v) is 27.4. The van der Waals surface area contributed by atoms with Crippen LogP contribution in [0.4, 0.5) is 0 Å². The summed E-state index contributed by atoms with van der Waals surface area (Å²) in [6.07, 6.45) is 0. The van der Waals surface area contributed by atoms with Gasteiger partial charge in [-0.25, -0.2) is 0 Å². The molecule has 0 aliphatic carbocycles. The number of aryl methyl sites for hydroxylation is 2. The number of hydrogen-bond donors (Lipinski definition) is 0. The van der Waals surface area contributed by atoms with E-state index in [2.05, 4.69) is 128 Å². The van der Waals surface area contributed by atoms with Gasteiger partial charge in [-0.15, -0.1) is 0 Å². The summed E-state index contributed by atoms with van der Waals surface area (Å²) < 4.78 is 17.4. The molecule has 0 bridgehead atoms. The molecule has 0 spiro atoms. The summed E-state index contributed by atoms with van der Waals surface area (Å²) >= 11 is 0. The highest BCUT2D eigenvalue weighted by atomic mass is 31.2. The van der Waals surface area contributed by atoms with Crippen LogP contribution >= 0.6 is 7.14 Å². The molecule has 0 atom stereocenters. The normalized spacial score (nSPS) is 11.7. The molecule has 47 heavy (non-hydrogen) atoms. The van der Waals surface area contributed by atoms with Gasteiger partial charge in [-0.05, 0) is 95.8 Å². The van der Waals surface area contributed by atoms with Crippen molar-refractivity contribution in [2.24, 2.45) is 0 Å². The van der Waals surface area contributed by atoms with Gasteiger partial charge < -0.3 is 9.13 Å². The third kappa shape index (κ3) is 4.94. The van der Waals surface area contributed by atoms with Gasteiger partial charge in [0, 0.05) is 32.4 Å². The fraction of sp³-hybridized carbons (Fsp3) is 0.0455. The maximum absolute atomic E-state index is 15.0. The summed E-state index contributed by atoms with van der Waals surface area (Å²) in [5.74, 6) is 0. The van der Waals surface area contributed by atoms with Crippen molar-refractivity contribution in [3.63, 3.8) is 0 Å². The second-order valence-electron chi connectivity index (χ2n) is 12.2. The molecule has 0 N–H and O–H groups in total.